The van der Waals surface area contributed by atoms with Crippen LogP contribution in [0, 0.1) is 12.7 Å². The Morgan fingerprint density at radius 3 is 2.44 bits per heavy atom. The minimum atomic E-state index is -0.251. The molecule has 1 saturated carbocycles. The summed E-state index contributed by atoms with van der Waals surface area (Å²) in [5.41, 5.74) is 12.1. The molecule has 1 aliphatic rings. The molecule has 0 bridgehead atoms. The molecule has 0 aliphatic heterocycles. The van der Waals surface area contributed by atoms with Crippen LogP contribution in [0.1, 0.15) is 30.7 Å². The van der Waals surface area contributed by atoms with E-state index in [-0.39, 0.29) is 11.4 Å². The molecule has 158 valence electrons. The van der Waals surface area contributed by atoms with Crippen LogP contribution in [0.3, 0.4) is 0 Å². The fraction of sp³-hybridized carbons (Fsp3) is 0.192. The maximum Gasteiger partial charge on any atom is 0.280 e. The number of nitrogens with zero attached hydrogens (tertiary/aromatic N) is 4. The minimum Gasteiger partial charge on any atom is -0.321 e. The molecule has 3 aromatic heterocycles. The minimum absolute atomic E-state index is 0.184. The Morgan fingerprint density at radius 2 is 1.75 bits per heavy atom. The molecule has 0 saturated heterocycles. The van der Waals surface area contributed by atoms with E-state index in [0.717, 1.165) is 52.0 Å². The second-order valence-electron chi connectivity index (χ2n) is 8.69. The largest absolute Gasteiger partial charge is 0.321 e. The quantitative estimate of drug-likeness (QED) is 0.430. The molecule has 3 heterocycles. The average molecular weight is 425 g/mol. The van der Waals surface area contributed by atoms with Gasteiger partial charge in [0.1, 0.15) is 11.5 Å². The number of aryl methyl sites for hydroxylation is 1. The van der Waals surface area contributed by atoms with E-state index in [0.29, 0.717) is 0 Å². The van der Waals surface area contributed by atoms with Gasteiger partial charge in [-0.2, -0.15) is 0 Å². The van der Waals surface area contributed by atoms with Gasteiger partial charge >= 0.3 is 0 Å². The van der Waals surface area contributed by atoms with Crippen molar-refractivity contribution in [2.45, 2.75) is 31.7 Å². The van der Waals surface area contributed by atoms with Crippen LogP contribution in [0.2, 0.25) is 0 Å². The summed E-state index contributed by atoms with van der Waals surface area (Å²) in [7, 11) is 0. The second-order valence-corrected chi connectivity index (χ2v) is 8.69. The number of benzene rings is 2. The average Bonchev–Trinajstić information content (AvgIpc) is 3.15. The maximum atomic E-state index is 13.4. The lowest BCUT2D eigenvalue weighted by molar-refractivity contribution is -0.519. The summed E-state index contributed by atoms with van der Waals surface area (Å²) in [4.78, 5) is 4.67. The number of pyridine rings is 2. The van der Waals surface area contributed by atoms with Gasteiger partial charge in [-0.05, 0) is 66.8 Å². The van der Waals surface area contributed by atoms with Gasteiger partial charge in [0, 0.05) is 29.3 Å². The summed E-state index contributed by atoms with van der Waals surface area (Å²) in [6, 6.07) is 19.0. The van der Waals surface area contributed by atoms with Crippen molar-refractivity contribution in [3.63, 3.8) is 0 Å². The van der Waals surface area contributed by atoms with Crippen molar-refractivity contribution in [2.24, 2.45) is 5.73 Å². The SMILES string of the molecule is Cc1nn(-c2ccc(C3(N)CCC3)cc2)c2c3cc(-c4ccc(F)cc4)cnc3cc[n+]12. The van der Waals surface area contributed by atoms with E-state index < -0.39 is 0 Å². The fourth-order valence-electron chi connectivity index (χ4n) is 4.61. The molecule has 2 N–H and O–H groups in total. The van der Waals surface area contributed by atoms with Gasteiger partial charge in [0.15, 0.2) is 0 Å². The van der Waals surface area contributed by atoms with Crippen LogP contribution in [0.4, 0.5) is 4.39 Å². The van der Waals surface area contributed by atoms with E-state index in [1.165, 1.54) is 24.1 Å². The lowest BCUT2D eigenvalue weighted by atomic mass is 9.73. The molecular formula is C26H23FN5+. The number of nitrogens with two attached hydrogens (primary N) is 1. The van der Waals surface area contributed by atoms with E-state index in [1.54, 1.807) is 12.1 Å². The van der Waals surface area contributed by atoms with Crippen molar-refractivity contribution in [3.05, 3.63) is 90.3 Å². The van der Waals surface area contributed by atoms with Crippen LogP contribution in [-0.2, 0) is 5.54 Å². The zero-order valence-corrected chi connectivity index (χ0v) is 17.8. The van der Waals surface area contributed by atoms with Crippen LogP contribution in [-0.4, -0.2) is 14.8 Å². The fourth-order valence-corrected chi connectivity index (χ4v) is 4.61. The van der Waals surface area contributed by atoms with Crippen molar-refractivity contribution < 1.29 is 8.79 Å². The molecular weight excluding hydrogens is 401 g/mol. The third-order valence-electron chi connectivity index (χ3n) is 6.67. The molecule has 1 aliphatic carbocycles. The molecule has 0 radical (unpaired) electrons. The number of hydrogen-bond donors (Lipinski definition) is 1. The van der Waals surface area contributed by atoms with E-state index in [1.807, 2.05) is 30.1 Å². The molecule has 0 unspecified atom stereocenters. The standard InChI is InChI=1S/C26H23FN5/c1-17-30-32(22-9-5-20(6-10-22)26(28)12-2-13-26)25-23-15-19(18-3-7-21(27)8-4-18)16-29-24(23)11-14-31(17)25/h3-11,14-16H,2,12-13,28H2,1H3/q+1. The Kier molecular flexibility index (Phi) is 4.13. The van der Waals surface area contributed by atoms with Crippen molar-refractivity contribution in [1.29, 1.82) is 0 Å². The second kappa shape index (κ2) is 6.93. The van der Waals surface area contributed by atoms with Gasteiger partial charge in [0.25, 0.3) is 11.5 Å². The smallest absolute Gasteiger partial charge is 0.280 e. The first-order valence-corrected chi connectivity index (χ1v) is 10.9. The number of hydrogen-bond acceptors (Lipinski definition) is 3. The Bertz CT molecular complexity index is 1460. The first kappa shape index (κ1) is 19.1. The summed E-state index contributed by atoms with van der Waals surface area (Å²) in [6.07, 6.45) is 7.09. The van der Waals surface area contributed by atoms with E-state index in [2.05, 4.69) is 39.7 Å². The molecule has 5 nitrogen and oxygen atoms in total. The number of rotatable bonds is 3. The van der Waals surface area contributed by atoms with Crippen LogP contribution in [0.25, 0.3) is 33.4 Å². The van der Waals surface area contributed by atoms with Gasteiger partial charge in [0.2, 0.25) is 0 Å². The Hall–Kier alpha value is -3.64. The summed E-state index contributed by atoms with van der Waals surface area (Å²) >= 11 is 0. The van der Waals surface area contributed by atoms with E-state index >= 15 is 0 Å². The Labute approximate surface area is 185 Å². The molecule has 6 rings (SSSR count). The van der Waals surface area contributed by atoms with Crippen molar-refractivity contribution in [3.8, 4) is 16.8 Å². The predicted octanol–water partition coefficient (Wildman–Crippen LogP) is 4.61. The molecule has 32 heavy (non-hydrogen) atoms. The van der Waals surface area contributed by atoms with E-state index in [4.69, 9.17) is 10.8 Å². The van der Waals surface area contributed by atoms with Gasteiger partial charge in [-0.25, -0.2) is 8.79 Å². The topological polar surface area (TPSA) is 60.8 Å². The molecule has 0 amide bonds. The van der Waals surface area contributed by atoms with Gasteiger partial charge in [-0.15, -0.1) is 0 Å². The van der Waals surface area contributed by atoms with Crippen molar-refractivity contribution >= 4 is 16.6 Å². The molecule has 5 aromatic rings. The zero-order valence-electron chi connectivity index (χ0n) is 17.8. The monoisotopic (exact) mass is 424 g/mol. The molecule has 0 spiro atoms. The van der Waals surface area contributed by atoms with Gasteiger partial charge in [-0.1, -0.05) is 28.9 Å². The first-order chi connectivity index (χ1) is 15.5. The normalized spacial score (nSPS) is 15.2. The molecule has 6 heteroatoms. The highest BCUT2D eigenvalue weighted by atomic mass is 19.1. The summed E-state index contributed by atoms with van der Waals surface area (Å²) < 4.78 is 17.4. The van der Waals surface area contributed by atoms with Crippen LogP contribution in [0.15, 0.2) is 73.1 Å². The van der Waals surface area contributed by atoms with Gasteiger partial charge in [0.05, 0.1) is 17.1 Å². The molecule has 0 atom stereocenters. The summed E-state index contributed by atoms with van der Waals surface area (Å²) in [6.45, 7) is 1.99. The highest BCUT2D eigenvalue weighted by Gasteiger charge is 2.34. The number of halogens is 1. The Morgan fingerprint density at radius 1 is 1.00 bits per heavy atom. The van der Waals surface area contributed by atoms with Crippen molar-refractivity contribution in [1.82, 2.24) is 14.8 Å². The highest BCUT2D eigenvalue weighted by molar-refractivity contribution is 5.92. The van der Waals surface area contributed by atoms with Crippen LogP contribution < -0.4 is 10.1 Å². The zero-order chi connectivity index (χ0) is 21.9. The van der Waals surface area contributed by atoms with Gasteiger partial charge in [-0.3, -0.25) is 4.98 Å². The molecule has 2 aromatic carbocycles. The highest BCUT2D eigenvalue weighted by Crippen LogP contribution is 2.38. The summed E-state index contributed by atoms with van der Waals surface area (Å²) in [5, 5.41) is 5.80. The number of fused-ring (bicyclic) bond motifs is 3. The number of aromatic nitrogens is 4. The van der Waals surface area contributed by atoms with Gasteiger partial charge < -0.3 is 5.73 Å². The first-order valence-electron chi connectivity index (χ1n) is 10.9. The lowest BCUT2D eigenvalue weighted by Crippen LogP contribution is -2.43. The summed E-state index contributed by atoms with van der Waals surface area (Å²) in [5.74, 6) is 0.631. The molecule has 1 fully saturated rings. The lowest BCUT2D eigenvalue weighted by Gasteiger charge is -2.38. The maximum absolute atomic E-state index is 13.4. The van der Waals surface area contributed by atoms with Crippen LogP contribution in [0.5, 0.6) is 0 Å². The van der Waals surface area contributed by atoms with Crippen molar-refractivity contribution in [2.75, 3.05) is 0 Å². The Balaban J connectivity index is 1.53. The van der Waals surface area contributed by atoms with Crippen LogP contribution >= 0.6 is 0 Å². The third kappa shape index (κ3) is 2.91. The van der Waals surface area contributed by atoms with E-state index in [9.17, 15) is 4.39 Å². The third-order valence-corrected chi connectivity index (χ3v) is 6.67. The predicted molar refractivity (Wildman–Crippen MR) is 122 cm³/mol.